The normalized spacial score (nSPS) is 19.1. The molecule has 1 aromatic heterocycles. The average Bonchev–Trinajstić information content (AvgIpc) is 2.88. The molecule has 124 valence electrons. The second-order valence-corrected chi connectivity index (χ2v) is 7.46. The molecule has 0 atom stereocenters. The molecule has 1 fully saturated rings. The number of benzene rings is 1. The summed E-state index contributed by atoms with van der Waals surface area (Å²) in [5, 5.41) is 2.68. The van der Waals surface area contributed by atoms with Crippen LogP contribution in [0.2, 0.25) is 0 Å². The molecule has 4 rings (SSSR count). The molecule has 0 unspecified atom stereocenters. The van der Waals surface area contributed by atoms with Crippen LogP contribution < -0.4 is 5.32 Å². The molecule has 1 spiro atoms. The van der Waals surface area contributed by atoms with E-state index in [1.54, 1.807) is 6.07 Å². The molecule has 1 aromatic carbocycles. The Kier molecular flexibility index (Phi) is 3.41. The minimum atomic E-state index is -3.72. The van der Waals surface area contributed by atoms with Gasteiger partial charge < -0.3 is 14.8 Å². The van der Waals surface area contributed by atoms with Gasteiger partial charge in [0.2, 0.25) is 9.84 Å². The third-order valence-electron chi connectivity index (χ3n) is 4.06. The van der Waals surface area contributed by atoms with Crippen molar-refractivity contribution in [3.05, 3.63) is 48.3 Å². The van der Waals surface area contributed by atoms with Gasteiger partial charge in [0.15, 0.2) is 0 Å². The quantitative estimate of drug-likeness (QED) is 0.884. The molecule has 0 saturated carbocycles. The van der Waals surface area contributed by atoms with Gasteiger partial charge in [-0.25, -0.2) is 8.42 Å². The number of carbonyl (C=O) groups is 1. The Labute approximate surface area is 138 Å². The van der Waals surface area contributed by atoms with Crippen molar-refractivity contribution in [1.82, 2.24) is 4.98 Å². The molecule has 24 heavy (non-hydrogen) atoms. The van der Waals surface area contributed by atoms with Gasteiger partial charge in [0.1, 0.15) is 0 Å². The SMILES string of the molecule is O=C1Nc2ccc(S(=O)(=O)c3ccncc3)cc2C12OCCCO2. The van der Waals surface area contributed by atoms with Crippen molar-refractivity contribution in [3.63, 3.8) is 0 Å². The van der Waals surface area contributed by atoms with Crippen LogP contribution in [0, 0.1) is 0 Å². The zero-order chi connectivity index (χ0) is 16.8. The molecule has 0 aliphatic carbocycles. The standard InChI is InChI=1S/C16H14N2O5S/c19-15-16(22-8-1-9-23-16)13-10-12(2-3-14(13)18-15)24(20,21)11-4-6-17-7-5-11/h2-7,10H,1,8-9H2,(H,18,19). The minimum absolute atomic E-state index is 0.0705. The Balaban J connectivity index is 1.84. The Hall–Kier alpha value is -2.29. The molecule has 2 aliphatic rings. The highest BCUT2D eigenvalue weighted by Crippen LogP contribution is 2.43. The van der Waals surface area contributed by atoms with Gasteiger partial charge in [-0.2, -0.15) is 0 Å². The predicted octanol–water partition coefficient (Wildman–Crippen LogP) is 1.46. The van der Waals surface area contributed by atoms with Gasteiger partial charge in [-0.3, -0.25) is 9.78 Å². The smallest absolute Gasteiger partial charge is 0.289 e. The van der Waals surface area contributed by atoms with E-state index in [2.05, 4.69) is 10.3 Å². The van der Waals surface area contributed by atoms with Crippen molar-refractivity contribution < 1.29 is 22.7 Å². The first kappa shape index (κ1) is 15.3. The van der Waals surface area contributed by atoms with Crippen LogP contribution in [0.5, 0.6) is 0 Å². The summed E-state index contributed by atoms with van der Waals surface area (Å²) in [5.74, 6) is -1.99. The number of hydrogen-bond donors (Lipinski definition) is 1. The molecule has 0 bridgehead atoms. The third-order valence-corrected chi connectivity index (χ3v) is 5.83. The summed E-state index contributed by atoms with van der Waals surface area (Å²) in [4.78, 5) is 16.4. The van der Waals surface area contributed by atoms with Crippen molar-refractivity contribution >= 4 is 21.4 Å². The van der Waals surface area contributed by atoms with E-state index in [0.717, 1.165) is 0 Å². The van der Waals surface area contributed by atoms with Crippen molar-refractivity contribution in [2.75, 3.05) is 18.5 Å². The second kappa shape index (κ2) is 5.37. The van der Waals surface area contributed by atoms with Crippen LogP contribution >= 0.6 is 0 Å². The van der Waals surface area contributed by atoms with Crippen LogP contribution in [0.3, 0.4) is 0 Å². The van der Waals surface area contributed by atoms with Crippen LogP contribution in [0.4, 0.5) is 5.69 Å². The number of sulfone groups is 1. The van der Waals surface area contributed by atoms with Gasteiger partial charge in [-0.1, -0.05) is 0 Å². The van der Waals surface area contributed by atoms with E-state index in [9.17, 15) is 13.2 Å². The highest BCUT2D eigenvalue weighted by molar-refractivity contribution is 7.91. The molecule has 7 nitrogen and oxygen atoms in total. The summed E-state index contributed by atoms with van der Waals surface area (Å²) in [7, 11) is -3.72. The maximum Gasteiger partial charge on any atom is 0.289 e. The number of amides is 1. The fourth-order valence-electron chi connectivity index (χ4n) is 2.87. The van der Waals surface area contributed by atoms with Gasteiger partial charge in [-0.05, 0) is 36.8 Å². The van der Waals surface area contributed by atoms with Crippen molar-refractivity contribution in [2.45, 2.75) is 22.0 Å². The van der Waals surface area contributed by atoms with Gasteiger partial charge in [-0.15, -0.1) is 0 Å². The van der Waals surface area contributed by atoms with Crippen LogP contribution in [-0.2, 0) is 29.9 Å². The van der Waals surface area contributed by atoms with Crippen LogP contribution in [0.25, 0.3) is 0 Å². The molecule has 3 heterocycles. The van der Waals surface area contributed by atoms with Crippen molar-refractivity contribution in [1.29, 1.82) is 0 Å². The molecule has 1 saturated heterocycles. The van der Waals surface area contributed by atoms with Crippen LogP contribution in [-0.4, -0.2) is 32.5 Å². The van der Waals surface area contributed by atoms with E-state index in [4.69, 9.17) is 9.47 Å². The second-order valence-electron chi connectivity index (χ2n) is 5.51. The van der Waals surface area contributed by atoms with Crippen LogP contribution in [0.15, 0.2) is 52.5 Å². The van der Waals surface area contributed by atoms with Gasteiger partial charge in [0.25, 0.3) is 11.7 Å². The van der Waals surface area contributed by atoms with E-state index >= 15 is 0 Å². The molecular formula is C16H14N2O5S. The van der Waals surface area contributed by atoms with Crippen molar-refractivity contribution in [2.24, 2.45) is 0 Å². The minimum Gasteiger partial charge on any atom is -0.338 e. The third kappa shape index (κ3) is 2.15. The number of pyridine rings is 1. The number of fused-ring (bicyclic) bond motifs is 2. The van der Waals surface area contributed by atoms with Crippen LogP contribution in [0.1, 0.15) is 12.0 Å². The Morgan fingerprint density at radius 1 is 1.04 bits per heavy atom. The Bertz CT molecular complexity index is 905. The van der Waals surface area contributed by atoms with Gasteiger partial charge in [0, 0.05) is 18.0 Å². The molecule has 8 heteroatoms. The summed E-state index contributed by atoms with van der Waals surface area (Å²) in [5.41, 5.74) is 0.887. The number of ether oxygens (including phenoxy) is 2. The lowest BCUT2D eigenvalue weighted by Gasteiger charge is -2.31. The Morgan fingerprint density at radius 2 is 1.75 bits per heavy atom. The highest BCUT2D eigenvalue weighted by atomic mass is 32.2. The number of nitrogens with zero attached hydrogens (tertiary/aromatic N) is 1. The first-order valence-electron chi connectivity index (χ1n) is 7.43. The average molecular weight is 346 g/mol. The predicted molar refractivity (Wildman–Crippen MR) is 83.0 cm³/mol. The first-order chi connectivity index (χ1) is 11.5. The maximum atomic E-state index is 12.8. The fraction of sp³-hybridized carbons (Fsp3) is 0.250. The lowest BCUT2D eigenvalue weighted by Crippen LogP contribution is -2.43. The molecule has 0 radical (unpaired) electrons. The fourth-order valence-corrected chi connectivity index (χ4v) is 4.14. The lowest BCUT2D eigenvalue weighted by molar-refractivity contribution is -0.255. The number of aromatic nitrogens is 1. The number of rotatable bonds is 2. The zero-order valence-electron chi connectivity index (χ0n) is 12.6. The molecular weight excluding hydrogens is 332 g/mol. The number of nitrogens with one attached hydrogen (secondary N) is 1. The largest absolute Gasteiger partial charge is 0.338 e. The summed E-state index contributed by atoms with van der Waals surface area (Å²) < 4.78 is 36.7. The molecule has 1 amide bonds. The van der Waals surface area contributed by atoms with Gasteiger partial charge >= 0.3 is 0 Å². The van der Waals surface area contributed by atoms with Gasteiger partial charge in [0.05, 0.1) is 28.7 Å². The van der Waals surface area contributed by atoms with E-state index < -0.39 is 21.5 Å². The van der Waals surface area contributed by atoms with E-state index in [0.29, 0.717) is 30.9 Å². The summed E-state index contributed by atoms with van der Waals surface area (Å²) in [6.45, 7) is 0.738. The topological polar surface area (TPSA) is 94.6 Å². The molecule has 2 aliphatic heterocycles. The van der Waals surface area contributed by atoms with E-state index in [1.165, 1.54) is 36.7 Å². The lowest BCUT2D eigenvalue weighted by atomic mass is 10.1. The monoisotopic (exact) mass is 346 g/mol. The Morgan fingerprint density at radius 3 is 2.46 bits per heavy atom. The van der Waals surface area contributed by atoms with E-state index in [-0.39, 0.29) is 9.79 Å². The van der Waals surface area contributed by atoms with Crippen molar-refractivity contribution in [3.8, 4) is 0 Å². The number of hydrogen-bond acceptors (Lipinski definition) is 6. The maximum absolute atomic E-state index is 12.8. The summed E-state index contributed by atoms with van der Waals surface area (Å²) in [6, 6.07) is 7.30. The highest BCUT2D eigenvalue weighted by Gasteiger charge is 2.51. The molecule has 1 N–H and O–H groups in total. The summed E-state index contributed by atoms with van der Waals surface area (Å²) >= 11 is 0. The zero-order valence-corrected chi connectivity index (χ0v) is 13.4. The molecule has 2 aromatic rings. The number of anilines is 1. The number of carbonyl (C=O) groups excluding carboxylic acids is 1. The first-order valence-corrected chi connectivity index (χ1v) is 8.91. The van der Waals surface area contributed by atoms with E-state index in [1.807, 2.05) is 0 Å². The summed E-state index contributed by atoms with van der Waals surface area (Å²) in [6.07, 6.45) is 3.51.